The Bertz CT molecular complexity index is 308. The molecule has 0 saturated heterocycles. The Morgan fingerprint density at radius 1 is 1.05 bits per heavy atom. The molecule has 0 bridgehead atoms. The first kappa shape index (κ1) is 19.4. The van der Waals surface area contributed by atoms with Gasteiger partial charge in [0, 0.05) is 5.20 Å². The minimum Gasteiger partial charge on any atom is -0.466 e. The van der Waals surface area contributed by atoms with Crippen molar-refractivity contribution in [2.75, 3.05) is 7.11 Å². The van der Waals surface area contributed by atoms with Gasteiger partial charge in [0.2, 0.25) is 0 Å². The van der Waals surface area contributed by atoms with Crippen LogP contribution in [0.3, 0.4) is 0 Å². The minimum atomic E-state index is -1.90. The fourth-order valence-corrected chi connectivity index (χ4v) is 10.7. The highest BCUT2D eigenvalue weighted by atomic mass is 28.3. The third kappa shape index (κ3) is 3.97. The van der Waals surface area contributed by atoms with Crippen LogP contribution in [-0.2, 0) is 9.53 Å². The van der Waals surface area contributed by atoms with Gasteiger partial charge in [-0.15, -0.1) is 0 Å². The van der Waals surface area contributed by atoms with Crippen LogP contribution in [0.5, 0.6) is 0 Å². The number of hydrogen-bond acceptors (Lipinski definition) is 2. The zero-order valence-electron chi connectivity index (χ0n) is 14.7. The number of hydrogen-bond donors (Lipinski definition) is 0. The standard InChI is InChI=1S/C17H34O2Si/c1-9-10-11-12-16(17(18)19-8)20(13(2)3,14(4)5)15(6)7/h12-15H,9-11H2,1-8H3/b16-12+. The summed E-state index contributed by atoms with van der Waals surface area (Å²) >= 11 is 0. The van der Waals surface area contributed by atoms with Crippen LogP contribution in [0.15, 0.2) is 11.3 Å². The summed E-state index contributed by atoms with van der Waals surface area (Å²) < 4.78 is 5.13. The molecule has 0 aliphatic carbocycles. The van der Waals surface area contributed by atoms with Gasteiger partial charge in [-0.25, -0.2) is 4.79 Å². The van der Waals surface area contributed by atoms with E-state index in [1.54, 1.807) is 0 Å². The minimum absolute atomic E-state index is 0.0936. The van der Waals surface area contributed by atoms with Crippen LogP contribution in [0.25, 0.3) is 0 Å². The predicted molar refractivity (Wildman–Crippen MR) is 90.7 cm³/mol. The molecule has 0 radical (unpaired) electrons. The molecule has 3 heteroatoms. The molecule has 20 heavy (non-hydrogen) atoms. The summed E-state index contributed by atoms with van der Waals surface area (Å²) in [5.74, 6) is -0.0936. The van der Waals surface area contributed by atoms with Crippen molar-refractivity contribution < 1.29 is 9.53 Å². The van der Waals surface area contributed by atoms with Crippen LogP contribution in [0.1, 0.15) is 67.7 Å². The highest BCUT2D eigenvalue weighted by Crippen LogP contribution is 2.46. The monoisotopic (exact) mass is 298 g/mol. The molecule has 0 aromatic heterocycles. The number of methoxy groups -OCH3 is 1. The average molecular weight is 299 g/mol. The number of carbonyl (C=O) groups excluding carboxylic acids is 1. The van der Waals surface area contributed by atoms with Crippen LogP contribution in [0.4, 0.5) is 0 Å². The number of ether oxygens (including phenoxy) is 1. The first-order chi connectivity index (χ1) is 9.26. The highest BCUT2D eigenvalue weighted by Gasteiger charge is 2.48. The first-order valence-corrected chi connectivity index (χ1v) is 10.3. The highest BCUT2D eigenvalue weighted by molar-refractivity contribution is 6.93. The first-order valence-electron chi connectivity index (χ1n) is 8.05. The van der Waals surface area contributed by atoms with Gasteiger partial charge in [-0.3, -0.25) is 0 Å². The van der Waals surface area contributed by atoms with Gasteiger partial charge in [0.25, 0.3) is 0 Å². The van der Waals surface area contributed by atoms with Crippen LogP contribution >= 0.6 is 0 Å². The average Bonchev–Trinajstić information content (AvgIpc) is 2.35. The molecule has 0 spiro atoms. The number of carbonyl (C=O) groups is 1. The van der Waals surface area contributed by atoms with Gasteiger partial charge >= 0.3 is 5.97 Å². The van der Waals surface area contributed by atoms with E-state index >= 15 is 0 Å². The summed E-state index contributed by atoms with van der Waals surface area (Å²) in [5, 5.41) is 1.02. The SMILES string of the molecule is CCCC/C=C(\C(=O)OC)[Si](C(C)C)(C(C)C)C(C)C. The van der Waals surface area contributed by atoms with Crippen molar-refractivity contribution in [3.8, 4) is 0 Å². The van der Waals surface area contributed by atoms with E-state index in [-0.39, 0.29) is 5.97 Å². The molecule has 0 saturated carbocycles. The molecule has 118 valence electrons. The molecular formula is C17H34O2Si. The summed E-state index contributed by atoms with van der Waals surface area (Å²) in [6.45, 7) is 15.9. The van der Waals surface area contributed by atoms with Crippen molar-refractivity contribution in [3.05, 3.63) is 11.3 Å². The maximum atomic E-state index is 12.4. The maximum Gasteiger partial charge on any atom is 0.329 e. The van der Waals surface area contributed by atoms with E-state index in [1.807, 2.05) is 0 Å². The summed E-state index contributed by atoms with van der Waals surface area (Å²) in [4.78, 5) is 12.4. The molecule has 0 fully saturated rings. The van der Waals surface area contributed by atoms with Gasteiger partial charge in [-0.05, 0) is 23.0 Å². The van der Waals surface area contributed by atoms with Crippen molar-refractivity contribution >= 4 is 14.0 Å². The largest absolute Gasteiger partial charge is 0.466 e. The Balaban J connectivity index is 5.87. The lowest BCUT2D eigenvalue weighted by Gasteiger charge is -2.44. The Morgan fingerprint density at radius 2 is 1.50 bits per heavy atom. The molecule has 0 amide bonds. The van der Waals surface area contributed by atoms with Gasteiger partial charge in [0.1, 0.15) is 8.07 Å². The molecule has 0 aliphatic rings. The Hall–Kier alpha value is -0.573. The topological polar surface area (TPSA) is 26.3 Å². The summed E-state index contributed by atoms with van der Waals surface area (Å²) in [5.41, 5.74) is 1.61. The second-order valence-electron chi connectivity index (χ2n) is 6.65. The fraction of sp³-hybridized carbons (Fsp3) is 0.824. The lowest BCUT2D eigenvalue weighted by molar-refractivity contribution is -0.135. The van der Waals surface area contributed by atoms with Crippen LogP contribution < -0.4 is 0 Å². The molecule has 0 unspecified atom stereocenters. The van der Waals surface area contributed by atoms with E-state index in [0.717, 1.165) is 24.5 Å². The summed E-state index contributed by atoms with van der Waals surface area (Å²) in [6.07, 6.45) is 5.48. The molecule has 2 nitrogen and oxygen atoms in total. The van der Waals surface area contributed by atoms with E-state index < -0.39 is 8.07 Å². The number of rotatable bonds is 8. The van der Waals surface area contributed by atoms with Gasteiger partial charge in [0.15, 0.2) is 0 Å². The third-order valence-corrected chi connectivity index (χ3v) is 11.7. The summed E-state index contributed by atoms with van der Waals surface area (Å²) in [7, 11) is -0.394. The quantitative estimate of drug-likeness (QED) is 0.256. The molecule has 0 heterocycles. The molecule has 0 aromatic rings. The zero-order valence-corrected chi connectivity index (χ0v) is 15.7. The predicted octanol–water partition coefficient (Wildman–Crippen LogP) is 5.49. The molecular weight excluding hydrogens is 264 g/mol. The van der Waals surface area contributed by atoms with E-state index in [2.05, 4.69) is 54.5 Å². The number of allylic oxidation sites excluding steroid dienone is 1. The van der Waals surface area contributed by atoms with Gasteiger partial charge in [-0.2, -0.15) is 0 Å². The Labute approximate surface area is 127 Å². The normalized spacial score (nSPS) is 13.4. The molecule has 0 N–H and O–H groups in total. The van der Waals surface area contributed by atoms with E-state index in [4.69, 9.17) is 4.74 Å². The van der Waals surface area contributed by atoms with E-state index in [1.165, 1.54) is 7.11 Å². The molecule has 0 aromatic carbocycles. The van der Waals surface area contributed by atoms with Crippen LogP contribution in [-0.4, -0.2) is 21.2 Å². The van der Waals surface area contributed by atoms with Crippen molar-refractivity contribution in [2.45, 2.75) is 84.4 Å². The second-order valence-corrected chi connectivity index (χ2v) is 12.5. The Morgan fingerprint density at radius 3 is 1.80 bits per heavy atom. The van der Waals surface area contributed by atoms with Crippen molar-refractivity contribution in [3.63, 3.8) is 0 Å². The van der Waals surface area contributed by atoms with E-state index in [0.29, 0.717) is 16.6 Å². The van der Waals surface area contributed by atoms with Gasteiger partial charge < -0.3 is 4.74 Å². The zero-order chi connectivity index (χ0) is 15.9. The van der Waals surface area contributed by atoms with Crippen molar-refractivity contribution in [1.29, 1.82) is 0 Å². The second kappa shape index (κ2) is 8.66. The smallest absolute Gasteiger partial charge is 0.329 e. The van der Waals surface area contributed by atoms with Crippen LogP contribution in [0, 0.1) is 0 Å². The van der Waals surface area contributed by atoms with Crippen molar-refractivity contribution in [1.82, 2.24) is 0 Å². The van der Waals surface area contributed by atoms with Gasteiger partial charge in [0.05, 0.1) is 7.11 Å². The number of unbranched alkanes of at least 4 members (excludes halogenated alkanes) is 2. The molecule has 0 rings (SSSR count). The number of esters is 1. The van der Waals surface area contributed by atoms with Crippen molar-refractivity contribution in [2.24, 2.45) is 0 Å². The fourth-order valence-electron chi connectivity index (χ4n) is 3.93. The molecule has 0 atom stereocenters. The third-order valence-electron chi connectivity index (χ3n) is 4.64. The maximum absolute atomic E-state index is 12.4. The lowest BCUT2D eigenvalue weighted by atomic mass is 10.2. The van der Waals surface area contributed by atoms with E-state index in [9.17, 15) is 4.79 Å². The Kier molecular flexibility index (Phi) is 8.41. The van der Waals surface area contributed by atoms with Gasteiger partial charge in [-0.1, -0.05) is 67.4 Å². The van der Waals surface area contributed by atoms with Crippen LogP contribution in [0.2, 0.25) is 16.6 Å². The summed E-state index contributed by atoms with van der Waals surface area (Å²) in [6, 6.07) is 0. The lowest BCUT2D eigenvalue weighted by Crippen LogP contribution is -2.49. The molecule has 0 aliphatic heterocycles.